The third kappa shape index (κ3) is 7.25. The maximum Gasteiger partial charge on any atom is 0.338 e. The van der Waals surface area contributed by atoms with Crippen molar-refractivity contribution in [2.24, 2.45) is 11.8 Å². The van der Waals surface area contributed by atoms with Crippen molar-refractivity contribution in [2.75, 3.05) is 14.2 Å². The zero-order chi connectivity index (χ0) is 31.1. The molecule has 2 aromatic rings. The zero-order valence-electron chi connectivity index (χ0n) is 25.8. The Morgan fingerprint density at radius 2 is 1.39 bits per heavy atom. The molecule has 0 aromatic heterocycles. The van der Waals surface area contributed by atoms with Gasteiger partial charge in [0.1, 0.15) is 18.1 Å². The van der Waals surface area contributed by atoms with Gasteiger partial charge in [0.2, 0.25) is 11.8 Å². The fourth-order valence-electron chi connectivity index (χ4n) is 6.89. The summed E-state index contributed by atoms with van der Waals surface area (Å²) in [6.45, 7) is 0.0332. The first-order valence-corrected chi connectivity index (χ1v) is 16.1. The van der Waals surface area contributed by atoms with Crippen LogP contribution in [0.2, 0.25) is 0 Å². The third-order valence-corrected chi connectivity index (χ3v) is 9.43. The number of nitrogens with zero attached hydrogens (tertiary/aromatic N) is 1. The lowest BCUT2D eigenvalue weighted by molar-refractivity contribution is -0.170. The predicted octanol–water partition coefficient (Wildman–Crippen LogP) is 5.84. The number of fused-ring (bicyclic) bond motifs is 1. The molecule has 1 saturated heterocycles. The van der Waals surface area contributed by atoms with Crippen LogP contribution in [0.1, 0.15) is 103 Å². The highest BCUT2D eigenvalue weighted by Crippen LogP contribution is 2.39. The maximum absolute atomic E-state index is 13.9. The molecule has 3 aliphatic rings. The summed E-state index contributed by atoms with van der Waals surface area (Å²) in [7, 11) is 3.02. The smallest absolute Gasteiger partial charge is 0.338 e. The minimum atomic E-state index is -0.518. The van der Waals surface area contributed by atoms with Gasteiger partial charge in [-0.25, -0.2) is 4.79 Å². The molecule has 1 heterocycles. The Balaban J connectivity index is 1.21. The number of hydrogen-bond acceptors (Lipinski definition) is 7. The van der Waals surface area contributed by atoms with E-state index >= 15 is 0 Å². The van der Waals surface area contributed by atoms with E-state index in [4.69, 9.17) is 14.2 Å². The van der Waals surface area contributed by atoms with E-state index in [1.165, 1.54) is 14.2 Å². The summed E-state index contributed by atoms with van der Waals surface area (Å²) in [6.07, 6.45) is 11.5. The number of hydrogen-bond donors (Lipinski definition) is 1. The summed E-state index contributed by atoms with van der Waals surface area (Å²) in [6, 6.07) is 11.4. The van der Waals surface area contributed by atoms with Crippen LogP contribution in [-0.4, -0.2) is 54.9 Å². The number of ether oxygens (including phenoxy) is 3. The Morgan fingerprint density at radius 3 is 2.05 bits per heavy atom. The number of benzene rings is 2. The van der Waals surface area contributed by atoms with Gasteiger partial charge in [-0.2, -0.15) is 0 Å². The van der Waals surface area contributed by atoms with Gasteiger partial charge in [0.15, 0.2) is 0 Å². The number of methoxy groups -OCH3 is 2. The average molecular weight is 605 g/mol. The van der Waals surface area contributed by atoms with Crippen LogP contribution in [0.25, 0.3) is 0 Å². The van der Waals surface area contributed by atoms with Gasteiger partial charge in [-0.05, 0) is 55.5 Å². The molecule has 4 atom stereocenters. The zero-order valence-corrected chi connectivity index (χ0v) is 25.8. The molecule has 3 amide bonds. The molecule has 0 unspecified atom stereocenters. The minimum absolute atomic E-state index is 0.0167. The molecular formula is C35H44N2O7. The topological polar surface area (TPSA) is 111 Å². The molecule has 0 spiro atoms. The number of nitrogens with one attached hydrogen (secondary N) is 1. The number of β-lactam (4-membered cyclic amide) rings is 1. The summed E-state index contributed by atoms with van der Waals surface area (Å²) < 4.78 is 15.9. The highest BCUT2D eigenvalue weighted by molar-refractivity contribution is 6.03. The molecule has 5 rings (SSSR count). The molecule has 9 heteroatoms. The summed E-state index contributed by atoms with van der Waals surface area (Å²) in [5.74, 6) is -0.332. The van der Waals surface area contributed by atoms with Crippen LogP contribution in [0.15, 0.2) is 42.5 Å². The first kappa shape index (κ1) is 31.5. The number of carbonyl (C=O) groups is 4. The quantitative estimate of drug-likeness (QED) is 0.229. The fourth-order valence-corrected chi connectivity index (χ4v) is 6.89. The van der Waals surface area contributed by atoms with Crippen LogP contribution in [0, 0.1) is 11.8 Å². The van der Waals surface area contributed by atoms with Crippen molar-refractivity contribution in [1.82, 2.24) is 10.2 Å². The van der Waals surface area contributed by atoms with Gasteiger partial charge in [0.05, 0.1) is 37.7 Å². The van der Waals surface area contributed by atoms with Gasteiger partial charge in [0.25, 0.3) is 5.91 Å². The van der Waals surface area contributed by atoms with E-state index in [2.05, 4.69) is 5.32 Å². The number of imide groups is 1. The number of rotatable bonds is 8. The van der Waals surface area contributed by atoms with Gasteiger partial charge in [-0.3, -0.25) is 19.3 Å². The van der Waals surface area contributed by atoms with E-state index in [1.54, 1.807) is 47.4 Å². The van der Waals surface area contributed by atoms with Crippen LogP contribution in [0.5, 0.6) is 11.5 Å². The number of likely N-dealkylation sites (tertiary alicyclic amines) is 1. The number of carbonyl (C=O) groups excluding carboxylic acids is 4. The van der Waals surface area contributed by atoms with E-state index in [0.29, 0.717) is 35.5 Å². The minimum Gasteiger partial charge on any atom is -0.497 e. The molecule has 2 saturated carbocycles. The summed E-state index contributed by atoms with van der Waals surface area (Å²) in [5.41, 5.74) is 1.50. The summed E-state index contributed by atoms with van der Waals surface area (Å²) in [5, 5.41) is 3.15. The lowest BCUT2D eigenvalue weighted by Crippen LogP contribution is -2.65. The molecule has 44 heavy (non-hydrogen) atoms. The second-order valence-corrected chi connectivity index (χ2v) is 12.3. The van der Waals surface area contributed by atoms with E-state index in [0.717, 1.165) is 69.8 Å². The standard InChI is InChI=1S/C35H44N2O7/c1-42-26-19-25(20-27(21-26)43-2)35(41)44-22-23-15-17-24(18-16-23)32(38)36-30-13-9-5-3-7-11-28(30)33(39)37-31-14-10-6-4-8-12-29(31)34(37)40/h15-21,28-31H,3-14,22H2,1-2H3,(H,36,38)/t28-,29-,30+,31+/m1/s1. The third-order valence-electron chi connectivity index (χ3n) is 9.43. The highest BCUT2D eigenvalue weighted by Gasteiger charge is 2.51. The van der Waals surface area contributed by atoms with Crippen molar-refractivity contribution in [1.29, 1.82) is 0 Å². The van der Waals surface area contributed by atoms with Crippen molar-refractivity contribution in [3.63, 3.8) is 0 Å². The van der Waals surface area contributed by atoms with Gasteiger partial charge < -0.3 is 19.5 Å². The molecule has 236 valence electrons. The molecule has 0 bridgehead atoms. The SMILES string of the molecule is COc1cc(OC)cc(C(=O)OCc2ccc(C(=O)N[C@H]3CCCCCC[C@H]3C(=O)N3C(=O)[C@@H]4CCCCCC[C@@H]43)cc2)c1. The lowest BCUT2D eigenvalue weighted by Gasteiger charge is -2.48. The fraction of sp³-hybridized carbons (Fsp3) is 0.543. The Labute approximate surface area is 259 Å². The number of esters is 1. The van der Waals surface area contributed by atoms with E-state index in [9.17, 15) is 19.2 Å². The van der Waals surface area contributed by atoms with Crippen molar-refractivity contribution < 1.29 is 33.4 Å². The van der Waals surface area contributed by atoms with Crippen LogP contribution in [0.4, 0.5) is 0 Å². The Bertz CT molecular complexity index is 1320. The first-order valence-electron chi connectivity index (χ1n) is 16.1. The number of amides is 3. The molecule has 1 aliphatic heterocycles. The predicted molar refractivity (Wildman–Crippen MR) is 164 cm³/mol. The van der Waals surface area contributed by atoms with E-state index < -0.39 is 11.9 Å². The molecule has 0 radical (unpaired) electrons. The first-order chi connectivity index (χ1) is 21.4. The van der Waals surface area contributed by atoms with Crippen LogP contribution >= 0.6 is 0 Å². The average Bonchev–Trinajstić information content (AvgIpc) is 3.02. The van der Waals surface area contributed by atoms with Crippen LogP contribution in [0.3, 0.4) is 0 Å². The Hall–Kier alpha value is -3.88. The Morgan fingerprint density at radius 1 is 0.773 bits per heavy atom. The monoisotopic (exact) mass is 604 g/mol. The lowest BCUT2D eigenvalue weighted by atomic mass is 9.76. The maximum atomic E-state index is 13.9. The highest BCUT2D eigenvalue weighted by atomic mass is 16.5. The molecule has 1 N–H and O–H groups in total. The van der Waals surface area contributed by atoms with Crippen molar-refractivity contribution >= 4 is 23.7 Å². The van der Waals surface area contributed by atoms with Gasteiger partial charge in [0, 0.05) is 17.7 Å². The molecule has 2 aromatic carbocycles. The second-order valence-electron chi connectivity index (χ2n) is 12.3. The molecule has 3 fully saturated rings. The largest absolute Gasteiger partial charge is 0.497 e. The van der Waals surface area contributed by atoms with Crippen molar-refractivity contribution in [3.8, 4) is 11.5 Å². The van der Waals surface area contributed by atoms with Gasteiger partial charge in [-0.15, -0.1) is 0 Å². The normalized spacial score (nSPS) is 23.9. The second kappa shape index (κ2) is 14.7. The molecular weight excluding hydrogens is 560 g/mol. The van der Waals surface area contributed by atoms with Crippen molar-refractivity contribution in [2.45, 2.75) is 95.7 Å². The molecule has 9 nitrogen and oxygen atoms in total. The summed E-state index contributed by atoms with van der Waals surface area (Å²) in [4.78, 5) is 54.5. The van der Waals surface area contributed by atoms with Gasteiger partial charge >= 0.3 is 5.97 Å². The van der Waals surface area contributed by atoms with E-state index in [1.807, 2.05) is 0 Å². The Kier molecular flexibility index (Phi) is 10.6. The molecule has 2 aliphatic carbocycles. The van der Waals surface area contributed by atoms with Crippen LogP contribution < -0.4 is 14.8 Å². The van der Waals surface area contributed by atoms with Crippen molar-refractivity contribution in [3.05, 3.63) is 59.2 Å². The van der Waals surface area contributed by atoms with Crippen LogP contribution in [-0.2, 0) is 20.9 Å². The van der Waals surface area contributed by atoms with Gasteiger partial charge in [-0.1, -0.05) is 63.5 Å². The summed E-state index contributed by atoms with van der Waals surface area (Å²) >= 11 is 0. The van der Waals surface area contributed by atoms with E-state index in [-0.39, 0.29) is 42.3 Å².